The molecule has 5 nitrogen and oxygen atoms in total. The van der Waals surface area contributed by atoms with Gasteiger partial charge in [-0.25, -0.2) is 0 Å². The van der Waals surface area contributed by atoms with Crippen molar-refractivity contribution in [2.24, 2.45) is 5.41 Å². The summed E-state index contributed by atoms with van der Waals surface area (Å²) in [5.74, 6) is 0.962. The maximum absolute atomic E-state index is 13.8. The highest BCUT2D eigenvalue weighted by atomic mass is 16.5. The van der Waals surface area contributed by atoms with Crippen molar-refractivity contribution < 1.29 is 14.3 Å². The summed E-state index contributed by atoms with van der Waals surface area (Å²) in [5.41, 5.74) is 4.13. The van der Waals surface area contributed by atoms with Crippen LogP contribution in [0.2, 0.25) is 0 Å². The average molecular weight is 475 g/mol. The number of ketones is 1. The fraction of sp³-hybridized carbons (Fsp3) is 0.467. The average Bonchev–Trinajstić information content (AvgIpc) is 2.96. The summed E-state index contributed by atoms with van der Waals surface area (Å²) in [6.07, 6.45) is 5.52. The van der Waals surface area contributed by atoms with Crippen molar-refractivity contribution in [2.75, 3.05) is 16.8 Å². The highest BCUT2D eigenvalue weighted by molar-refractivity contribution is 6.06. The smallest absolute Gasteiger partial charge is 0.227 e. The van der Waals surface area contributed by atoms with Gasteiger partial charge in [0.1, 0.15) is 5.75 Å². The monoisotopic (exact) mass is 474 g/mol. The maximum atomic E-state index is 13.8. The van der Waals surface area contributed by atoms with Crippen molar-refractivity contribution in [1.29, 1.82) is 0 Å². The first kappa shape index (κ1) is 25.0. The van der Waals surface area contributed by atoms with E-state index in [1.165, 1.54) is 0 Å². The number of benzene rings is 2. The van der Waals surface area contributed by atoms with Gasteiger partial charge in [0.2, 0.25) is 5.91 Å². The SMILES string of the molecule is CCCCCC(=O)N1c2ccccc2NC2=C(C(=O)CC(C)(C)C2)[C@H]1c1ccc(OCCC)cc1. The van der Waals surface area contributed by atoms with Gasteiger partial charge in [-0.05, 0) is 54.5 Å². The lowest BCUT2D eigenvalue weighted by atomic mass is 9.73. The Morgan fingerprint density at radius 3 is 2.49 bits per heavy atom. The number of amides is 1. The number of anilines is 2. The lowest BCUT2D eigenvalue weighted by molar-refractivity contribution is -0.119. The molecule has 2 aromatic rings. The summed E-state index contributed by atoms with van der Waals surface area (Å²) in [6, 6.07) is 15.4. The number of allylic oxidation sites excluding steroid dienone is 1. The van der Waals surface area contributed by atoms with E-state index >= 15 is 0 Å². The van der Waals surface area contributed by atoms with E-state index in [2.05, 4.69) is 33.0 Å². The van der Waals surface area contributed by atoms with Crippen LogP contribution < -0.4 is 15.0 Å². The van der Waals surface area contributed by atoms with E-state index in [-0.39, 0.29) is 17.1 Å². The lowest BCUT2D eigenvalue weighted by Gasteiger charge is -2.37. The van der Waals surface area contributed by atoms with E-state index in [4.69, 9.17) is 4.74 Å². The highest BCUT2D eigenvalue weighted by Gasteiger charge is 2.43. The fourth-order valence-electron chi connectivity index (χ4n) is 5.19. The maximum Gasteiger partial charge on any atom is 0.227 e. The molecule has 0 aromatic heterocycles. The molecule has 2 aromatic carbocycles. The second kappa shape index (κ2) is 10.7. The Balaban J connectivity index is 1.86. The van der Waals surface area contributed by atoms with E-state index in [9.17, 15) is 9.59 Å². The molecule has 1 aliphatic carbocycles. The van der Waals surface area contributed by atoms with E-state index in [0.717, 1.165) is 60.5 Å². The first-order chi connectivity index (χ1) is 16.8. The summed E-state index contributed by atoms with van der Waals surface area (Å²) in [4.78, 5) is 29.4. The molecule has 5 heteroatoms. The van der Waals surface area contributed by atoms with Crippen LogP contribution in [0.15, 0.2) is 59.8 Å². The van der Waals surface area contributed by atoms with Crippen LogP contribution in [-0.2, 0) is 9.59 Å². The minimum atomic E-state index is -0.473. The molecule has 35 heavy (non-hydrogen) atoms. The Morgan fingerprint density at radius 2 is 1.77 bits per heavy atom. The van der Waals surface area contributed by atoms with Gasteiger partial charge in [0.15, 0.2) is 5.78 Å². The number of nitrogens with zero attached hydrogens (tertiary/aromatic N) is 1. The standard InChI is InChI=1S/C30H38N2O3/c1-5-7-8-13-27(34)32-25-12-10-9-11-23(25)31-24-19-30(3,4)20-26(33)28(24)29(32)21-14-16-22(17-15-21)35-18-6-2/h9-12,14-17,29,31H,5-8,13,18-20H2,1-4H3/t29-/m1/s1. The molecule has 1 atom stereocenters. The Bertz CT molecular complexity index is 1100. The van der Waals surface area contributed by atoms with Gasteiger partial charge in [0.25, 0.3) is 0 Å². The van der Waals surface area contributed by atoms with Crippen LogP contribution in [0.3, 0.4) is 0 Å². The van der Waals surface area contributed by atoms with Crippen LogP contribution in [-0.4, -0.2) is 18.3 Å². The number of nitrogens with one attached hydrogen (secondary N) is 1. The van der Waals surface area contributed by atoms with Crippen LogP contribution in [0.5, 0.6) is 5.75 Å². The van der Waals surface area contributed by atoms with Crippen molar-refractivity contribution in [2.45, 2.75) is 78.7 Å². The molecule has 0 saturated carbocycles. The minimum absolute atomic E-state index is 0.0513. The molecule has 0 saturated heterocycles. The van der Waals surface area contributed by atoms with Gasteiger partial charge < -0.3 is 10.1 Å². The molecule has 186 valence electrons. The Hall–Kier alpha value is -3.08. The lowest BCUT2D eigenvalue weighted by Crippen LogP contribution is -2.39. The summed E-state index contributed by atoms with van der Waals surface area (Å²) >= 11 is 0. The van der Waals surface area contributed by atoms with E-state index < -0.39 is 6.04 Å². The molecule has 1 N–H and O–H groups in total. The molecular weight excluding hydrogens is 436 g/mol. The van der Waals surface area contributed by atoms with Crippen molar-refractivity contribution in [3.05, 3.63) is 65.4 Å². The number of hydrogen-bond donors (Lipinski definition) is 1. The number of ether oxygens (including phenoxy) is 1. The zero-order valence-corrected chi connectivity index (χ0v) is 21.5. The number of carbonyl (C=O) groups is 2. The van der Waals surface area contributed by atoms with Crippen LogP contribution >= 0.6 is 0 Å². The van der Waals surface area contributed by atoms with Crippen molar-refractivity contribution >= 4 is 23.1 Å². The zero-order chi connectivity index (χ0) is 25.0. The molecule has 1 heterocycles. The number of Topliss-reactive ketones (excluding diaryl/α,β-unsaturated/α-hetero) is 1. The summed E-state index contributed by atoms with van der Waals surface area (Å²) in [5, 5.41) is 3.58. The number of fused-ring (bicyclic) bond motifs is 1. The highest BCUT2D eigenvalue weighted by Crippen LogP contribution is 2.48. The number of unbranched alkanes of at least 4 members (excludes halogenated alkanes) is 2. The van der Waals surface area contributed by atoms with E-state index in [1.807, 2.05) is 53.4 Å². The fourth-order valence-corrected chi connectivity index (χ4v) is 5.19. The third-order valence-electron chi connectivity index (χ3n) is 6.83. The van der Waals surface area contributed by atoms with Gasteiger partial charge >= 0.3 is 0 Å². The van der Waals surface area contributed by atoms with Crippen molar-refractivity contribution in [3.63, 3.8) is 0 Å². The van der Waals surface area contributed by atoms with Crippen molar-refractivity contribution in [1.82, 2.24) is 0 Å². The number of carbonyl (C=O) groups excluding carboxylic acids is 2. The summed E-state index contributed by atoms with van der Waals surface area (Å²) in [7, 11) is 0. The third-order valence-corrected chi connectivity index (χ3v) is 6.83. The molecule has 0 spiro atoms. The summed E-state index contributed by atoms with van der Waals surface area (Å²) < 4.78 is 5.80. The molecule has 0 fully saturated rings. The van der Waals surface area contributed by atoms with Gasteiger partial charge in [0, 0.05) is 24.1 Å². The molecule has 0 bridgehead atoms. The van der Waals surface area contributed by atoms with Crippen LogP contribution in [0.25, 0.3) is 0 Å². The van der Waals surface area contributed by atoms with Gasteiger partial charge in [-0.3, -0.25) is 14.5 Å². The zero-order valence-electron chi connectivity index (χ0n) is 21.5. The minimum Gasteiger partial charge on any atom is -0.494 e. The van der Waals surface area contributed by atoms with E-state index in [0.29, 0.717) is 25.0 Å². The molecule has 1 aliphatic heterocycles. The predicted octanol–water partition coefficient (Wildman–Crippen LogP) is 7.20. The van der Waals surface area contributed by atoms with Gasteiger partial charge in [-0.1, -0.05) is 64.8 Å². The largest absolute Gasteiger partial charge is 0.494 e. The Kier molecular flexibility index (Phi) is 7.63. The second-order valence-corrected chi connectivity index (χ2v) is 10.5. The molecule has 2 aliphatic rings. The van der Waals surface area contributed by atoms with Crippen LogP contribution in [0.1, 0.15) is 84.2 Å². The van der Waals surface area contributed by atoms with Crippen LogP contribution in [0.4, 0.5) is 11.4 Å². The molecule has 0 radical (unpaired) electrons. The Morgan fingerprint density at radius 1 is 1.03 bits per heavy atom. The van der Waals surface area contributed by atoms with Crippen LogP contribution in [0, 0.1) is 5.41 Å². The van der Waals surface area contributed by atoms with Gasteiger partial charge in [-0.15, -0.1) is 0 Å². The third kappa shape index (κ3) is 5.44. The second-order valence-electron chi connectivity index (χ2n) is 10.5. The van der Waals surface area contributed by atoms with Crippen molar-refractivity contribution in [3.8, 4) is 5.75 Å². The molecule has 4 rings (SSSR count). The van der Waals surface area contributed by atoms with E-state index in [1.54, 1.807) is 0 Å². The first-order valence-electron chi connectivity index (χ1n) is 13.0. The quantitative estimate of drug-likeness (QED) is 0.411. The normalized spacial score (nSPS) is 18.9. The Labute approximate surface area is 209 Å². The number of rotatable bonds is 8. The predicted molar refractivity (Wildman–Crippen MR) is 142 cm³/mol. The first-order valence-corrected chi connectivity index (χ1v) is 13.0. The number of hydrogen-bond acceptors (Lipinski definition) is 4. The molecule has 0 unspecified atom stereocenters. The topological polar surface area (TPSA) is 58.6 Å². The number of para-hydroxylation sites is 2. The molecular formula is C30H38N2O3. The van der Waals surface area contributed by atoms with Gasteiger partial charge in [-0.2, -0.15) is 0 Å². The molecule has 1 amide bonds. The van der Waals surface area contributed by atoms with Gasteiger partial charge in [0.05, 0.1) is 24.0 Å². The summed E-state index contributed by atoms with van der Waals surface area (Å²) in [6.45, 7) is 9.15.